The fourth-order valence-corrected chi connectivity index (χ4v) is 9.00. The van der Waals surface area contributed by atoms with Crippen LogP contribution in [-0.2, 0) is 16.0 Å². The molecule has 2 amide bonds. The summed E-state index contributed by atoms with van der Waals surface area (Å²) in [5.74, 6) is 0.0506. The van der Waals surface area contributed by atoms with Crippen LogP contribution in [0.15, 0.2) is 85.7 Å². The third-order valence-electron chi connectivity index (χ3n) is 7.27. The van der Waals surface area contributed by atoms with Crippen molar-refractivity contribution in [2.45, 2.75) is 68.9 Å². The van der Waals surface area contributed by atoms with Crippen LogP contribution in [0.5, 0.6) is 5.75 Å². The summed E-state index contributed by atoms with van der Waals surface area (Å²) >= 11 is 7.66. The van der Waals surface area contributed by atoms with Crippen molar-refractivity contribution < 1.29 is 32.6 Å². The van der Waals surface area contributed by atoms with Gasteiger partial charge in [-0.1, -0.05) is 62.9 Å². The molecule has 0 aliphatic rings. The number of aromatic nitrogens is 2. The van der Waals surface area contributed by atoms with E-state index in [9.17, 15) is 18.4 Å². The average Bonchev–Trinajstić information content (AvgIpc) is 3.68. The molecule has 3 aromatic carbocycles. The lowest BCUT2D eigenvalue weighted by molar-refractivity contribution is 0.0284. The number of alkyl carbamates (subject to hydrolysis) is 1. The molecule has 0 saturated carbocycles. The van der Waals surface area contributed by atoms with E-state index in [1.165, 1.54) is 58.5 Å². The first-order valence-corrected chi connectivity index (χ1v) is 19.9. The standard InChI is InChI=1S/C23H25FN2O3S2.C16H18BrFN2O2S/c1-23(2,3)19(29-22(27)25-4)20-26-18(16-11-6-7-12-17(16)24)21(31-20)30-15-10-8-9-14(13-15)28-5;1-16(2,3)22-15(21)20(4)9-12-19-13(14(17)23-12)10-7-5-6-8-11(10)18/h6-13,19H,1-5H3,(H,25,27);5-8H,9H2,1-4H3. The molecule has 0 radical (unpaired) electrons. The summed E-state index contributed by atoms with van der Waals surface area (Å²) < 4.78 is 46.4. The zero-order chi connectivity index (χ0) is 39.8. The first kappa shape index (κ1) is 42.7. The lowest BCUT2D eigenvalue weighted by Crippen LogP contribution is -2.33. The van der Waals surface area contributed by atoms with Crippen molar-refractivity contribution in [3.63, 3.8) is 0 Å². The van der Waals surface area contributed by atoms with E-state index in [4.69, 9.17) is 19.2 Å². The molecule has 0 aliphatic carbocycles. The Morgan fingerprint density at radius 1 is 0.907 bits per heavy atom. The number of carbonyl (C=O) groups is 2. The maximum atomic E-state index is 14.7. The van der Waals surface area contributed by atoms with Gasteiger partial charge in [0.2, 0.25) is 0 Å². The lowest BCUT2D eigenvalue weighted by Gasteiger charge is -2.28. The molecule has 1 atom stereocenters. The number of amides is 2. The van der Waals surface area contributed by atoms with Gasteiger partial charge in [-0.2, -0.15) is 0 Å². The number of hydrogen-bond acceptors (Lipinski definition) is 10. The van der Waals surface area contributed by atoms with E-state index in [0.29, 0.717) is 39.1 Å². The van der Waals surface area contributed by atoms with E-state index in [1.807, 2.05) is 65.8 Å². The van der Waals surface area contributed by atoms with E-state index >= 15 is 0 Å². The van der Waals surface area contributed by atoms with Gasteiger partial charge in [0.25, 0.3) is 0 Å². The molecule has 288 valence electrons. The van der Waals surface area contributed by atoms with Gasteiger partial charge in [-0.05, 0) is 79.2 Å². The average molecular weight is 862 g/mol. The summed E-state index contributed by atoms with van der Waals surface area (Å²) in [5, 5.41) is 3.80. The smallest absolute Gasteiger partial charge is 0.410 e. The molecule has 5 aromatic rings. The number of thiazole rings is 2. The Labute approximate surface area is 335 Å². The van der Waals surface area contributed by atoms with E-state index < -0.39 is 29.3 Å². The van der Waals surface area contributed by atoms with Crippen molar-refractivity contribution in [2.75, 3.05) is 21.2 Å². The van der Waals surface area contributed by atoms with Crippen LogP contribution in [0.2, 0.25) is 0 Å². The quantitative estimate of drug-likeness (QED) is 0.156. The molecule has 0 fully saturated rings. The highest BCUT2D eigenvalue weighted by Gasteiger charge is 2.34. The molecule has 2 heterocycles. The van der Waals surface area contributed by atoms with E-state index in [2.05, 4.69) is 26.2 Å². The van der Waals surface area contributed by atoms with E-state index in [0.717, 1.165) is 18.6 Å². The third-order valence-corrected chi connectivity index (χ3v) is 11.2. The molecule has 2 aromatic heterocycles. The zero-order valence-electron chi connectivity index (χ0n) is 31.5. The third kappa shape index (κ3) is 11.7. The van der Waals surface area contributed by atoms with Crippen LogP contribution in [0.25, 0.3) is 22.5 Å². The van der Waals surface area contributed by atoms with Crippen LogP contribution < -0.4 is 10.1 Å². The highest BCUT2D eigenvalue weighted by atomic mass is 79.9. The first-order chi connectivity index (χ1) is 25.4. The molecular weight excluding hydrogens is 819 g/mol. The summed E-state index contributed by atoms with van der Waals surface area (Å²) in [7, 11) is 4.77. The predicted octanol–water partition coefficient (Wildman–Crippen LogP) is 11.6. The van der Waals surface area contributed by atoms with E-state index in [1.54, 1.807) is 50.6 Å². The number of rotatable bonds is 9. The number of nitrogens with one attached hydrogen (secondary N) is 1. The molecule has 0 saturated heterocycles. The van der Waals surface area contributed by atoms with Crippen molar-refractivity contribution in [3.8, 4) is 28.3 Å². The summed E-state index contributed by atoms with van der Waals surface area (Å²) in [6.45, 7) is 11.7. The normalized spacial score (nSPS) is 11.9. The number of methoxy groups -OCH3 is 1. The Morgan fingerprint density at radius 2 is 1.52 bits per heavy atom. The Hall–Kier alpha value is -4.05. The fourth-order valence-electron chi connectivity index (χ4n) is 4.70. The monoisotopic (exact) mass is 860 g/mol. The van der Waals surface area contributed by atoms with Crippen molar-refractivity contribution >= 4 is 62.6 Å². The van der Waals surface area contributed by atoms with Gasteiger partial charge in [0.05, 0.1) is 33.0 Å². The van der Waals surface area contributed by atoms with Gasteiger partial charge < -0.3 is 24.4 Å². The van der Waals surface area contributed by atoms with Crippen LogP contribution in [0.1, 0.15) is 57.7 Å². The second-order valence-corrected chi connectivity index (χ2v) is 18.7. The molecule has 9 nitrogen and oxygen atoms in total. The van der Waals surface area contributed by atoms with E-state index in [-0.39, 0.29) is 11.6 Å². The Bertz CT molecular complexity index is 2060. The maximum Gasteiger partial charge on any atom is 0.410 e. The number of nitrogens with zero attached hydrogens (tertiary/aromatic N) is 3. The van der Waals surface area contributed by atoms with Gasteiger partial charge in [-0.3, -0.25) is 0 Å². The van der Waals surface area contributed by atoms with Gasteiger partial charge in [0.15, 0.2) is 6.10 Å². The zero-order valence-corrected chi connectivity index (χ0v) is 35.5. The van der Waals surface area contributed by atoms with Crippen LogP contribution in [0, 0.1) is 17.0 Å². The number of hydrogen-bond donors (Lipinski definition) is 1. The number of carbonyl (C=O) groups excluding carboxylic acids is 2. The van der Waals surface area contributed by atoms with Crippen LogP contribution in [0.3, 0.4) is 0 Å². The minimum Gasteiger partial charge on any atom is -0.497 e. The number of ether oxygens (including phenoxy) is 3. The van der Waals surface area contributed by atoms with Gasteiger partial charge in [0, 0.05) is 35.5 Å². The summed E-state index contributed by atoms with van der Waals surface area (Å²) in [5.41, 5.74) is 0.952. The maximum absolute atomic E-state index is 14.7. The Morgan fingerprint density at radius 3 is 2.07 bits per heavy atom. The summed E-state index contributed by atoms with van der Waals surface area (Å²) in [6.07, 6.45) is -1.55. The highest BCUT2D eigenvalue weighted by Crippen LogP contribution is 2.46. The van der Waals surface area contributed by atoms with Crippen molar-refractivity contribution in [3.05, 3.63) is 98.2 Å². The molecule has 54 heavy (non-hydrogen) atoms. The minimum atomic E-state index is -0.595. The lowest BCUT2D eigenvalue weighted by atomic mass is 9.89. The molecule has 5 rings (SSSR count). The molecule has 0 aliphatic heterocycles. The summed E-state index contributed by atoms with van der Waals surface area (Å²) in [4.78, 5) is 35.6. The van der Waals surface area contributed by atoms with Crippen molar-refractivity contribution in [1.82, 2.24) is 20.2 Å². The van der Waals surface area contributed by atoms with Crippen molar-refractivity contribution in [2.24, 2.45) is 5.41 Å². The molecular formula is C39H43BrF2N4O5S3. The number of benzene rings is 3. The predicted molar refractivity (Wildman–Crippen MR) is 215 cm³/mol. The van der Waals surface area contributed by atoms with Crippen LogP contribution >= 0.6 is 50.4 Å². The van der Waals surface area contributed by atoms with Gasteiger partial charge in [-0.15, -0.1) is 22.7 Å². The second kappa shape index (κ2) is 18.5. The molecule has 15 heteroatoms. The fraction of sp³-hybridized carbons (Fsp3) is 0.333. The highest BCUT2D eigenvalue weighted by molar-refractivity contribution is 9.11. The molecule has 0 bridgehead atoms. The summed E-state index contributed by atoms with van der Waals surface area (Å²) in [6, 6.07) is 20.7. The molecule has 0 spiro atoms. The van der Waals surface area contributed by atoms with Gasteiger partial charge in [-0.25, -0.2) is 28.3 Å². The Balaban J connectivity index is 0.000000252. The topological polar surface area (TPSA) is 103 Å². The number of halogens is 3. The van der Waals surface area contributed by atoms with Crippen molar-refractivity contribution in [1.29, 1.82) is 0 Å². The van der Waals surface area contributed by atoms with Crippen LogP contribution in [0.4, 0.5) is 18.4 Å². The SMILES string of the molecule is CN(Cc1nc(-c2ccccc2F)c(Br)s1)C(=O)OC(C)(C)C.CNC(=O)OC(c1nc(-c2ccccc2F)c(Sc2cccc(OC)c2)s1)C(C)(C)C. The molecule has 1 unspecified atom stereocenters. The van der Waals surface area contributed by atoms with Crippen LogP contribution in [-0.4, -0.2) is 53.9 Å². The van der Waals surface area contributed by atoms with Gasteiger partial charge >= 0.3 is 12.2 Å². The Kier molecular flexibility index (Phi) is 14.6. The largest absolute Gasteiger partial charge is 0.497 e. The first-order valence-electron chi connectivity index (χ1n) is 16.7. The molecule has 1 N–H and O–H groups in total. The van der Waals surface area contributed by atoms with Gasteiger partial charge in [0.1, 0.15) is 33.0 Å². The minimum absolute atomic E-state index is 0.298. The second-order valence-electron chi connectivity index (χ2n) is 13.9.